The lowest BCUT2D eigenvalue weighted by atomic mass is 10.0. The molecule has 0 unspecified atom stereocenters. The number of quaternary nitrogens is 1. The number of benzene rings is 2. The van der Waals surface area contributed by atoms with E-state index in [0.717, 1.165) is 5.56 Å². The number of rotatable bonds is 7. The lowest BCUT2D eigenvalue weighted by molar-refractivity contribution is -0.697. The Morgan fingerprint density at radius 2 is 1.84 bits per heavy atom. The highest BCUT2D eigenvalue weighted by atomic mass is 35.5. The quantitative estimate of drug-likeness (QED) is 0.726. The molecule has 7 heteroatoms. The summed E-state index contributed by atoms with van der Waals surface area (Å²) in [5.41, 5.74) is 1.29. The summed E-state index contributed by atoms with van der Waals surface area (Å²) >= 11 is 5.79. The maximum Gasteiger partial charge on any atom is 0.231 e. The molecule has 3 rings (SSSR count). The number of nitrogens with two attached hydrogens (primary N) is 1. The van der Waals surface area contributed by atoms with E-state index in [4.69, 9.17) is 21.1 Å². The number of Topliss-reactive ketones (excluding diaryl/α,β-unsaturated/α-hetero) is 1. The highest BCUT2D eigenvalue weighted by Gasteiger charge is 2.20. The van der Waals surface area contributed by atoms with Crippen molar-refractivity contribution in [1.29, 1.82) is 0 Å². The van der Waals surface area contributed by atoms with E-state index in [1.54, 1.807) is 41.7 Å². The van der Waals surface area contributed by atoms with Crippen LogP contribution in [0.3, 0.4) is 0 Å². The molecule has 0 aliphatic carbocycles. The van der Waals surface area contributed by atoms with Crippen molar-refractivity contribution in [2.24, 2.45) is 0 Å². The number of ether oxygens (including phenoxy) is 2. The van der Waals surface area contributed by atoms with Crippen LogP contribution in [0.1, 0.15) is 22.3 Å². The SMILES string of the molecule is O=C(C[C@H]([NH2+]Cc1ccc2c(c1)OCO2)C(=O)[O-])c1ccc(Cl)cc1. The molecule has 1 heterocycles. The van der Waals surface area contributed by atoms with Gasteiger partial charge >= 0.3 is 0 Å². The van der Waals surface area contributed by atoms with Crippen LogP contribution in [0.15, 0.2) is 42.5 Å². The Labute approximate surface area is 149 Å². The van der Waals surface area contributed by atoms with Gasteiger partial charge in [-0.15, -0.1) is 0 Å². The molecule has 0 radical (unpaired) electrons. The second-order valence-corrected chi connectivity index (χ2v) is 6.12. The standard InChI is InChI=1S/C18H16ClNO5/c19-13-4-2-12(3-5-13)15(21)8-14(18(22)23)20-9-11-1-6-16-17(7-11)25-10-24-16/h1-7,14,20H,8-10H2,(H,22,23)/t14-/m0/s1. The minimum absolute atomic E-state index is 0.158. The summed E-state index contributed by atoms with van der Waals surface area (Å²) < 4.78 is 10.5. The summed E-state index contributed by atoms with van der Waals surface area (Å²) in [7, 11) is 0. The van der Waals surface area contributed by atoms with Crippen LogP contribution in [0.5, 0.6) is 11.5 Å². The molecule has 1 aliphatic rings. The second-order valence-electron chi connectivity index (χ2n) is 5.69. The molecule has 0 spiro atoms. The first-order chi connectivity index (χ1) is 12.0. The molecule has 25 heavy (non-hydrogen) atoms. The van der Waals surface area contributed by atoms with Crippen LogP contribution in [-0.2, 0) is 11.3 Å². The average molecular weight is 362 g/mol. The van der Waals surface area contributed by atoms with E-state index >= 15 is 0 Å². The van der Waals surface area contributed by atoms with Crippen LogP contribution in [-0.4, -0.2) is 24.6 Å². The third kappa shape index (κ3) is 4.29. The first-order valence-electron chi connectivity index (χ1n) is 7.74. The highest BCUT2D eigenvalue weighted by Crippen LogP contribution is 2.32. The van der Waals surface area contributed by atoms with E-state index in [0.29, 0.717) is 28.6 Å². The summed E-state index contributed by atoms with van der Waals surface area (Å²) in [6, 6.07) is 10.8. The maximum atomic E-state index is 12.2. The molecule has 1 atom stereocenters. The first kappa shape index (κ1) is 17.3. The second kappa shape index (κ2) is 7.55. The van der Waals surface area contributed by atoms with Gasteiger partial charge in [0.15, 0.2) is 17.3 Å². The van der Waals surface area contributed by atoms with Gasteiger partial charge in [0.25, 0.3) is 0 Å². The van der Waals surface area contributed by atoms with Crippen molar-refractivity contribution in [3.05, 3.63) is 58.6 Å². The molecule has 6 nitrogen and oxygen atoms in total. The van der Waals surface area contributed by atoms with E-state index in [-0.39, 0.29) is 19.0 Å². The van der Waals surface area contributed by atoms with Crippen molar-refractivity contribution >= 4 is 23.4 Å². The molecule has 0 amide bonds. The number of fused-ring (bicyclic) bond motifs is 1. The predicted octanol–water partition coefficient (Wildman–Crippen LogP) is 0.524. The lowest BCUT2D eigenvalue weighted by Crippen LogP contribution is -2.92. The maximum absolute atomic E-state index is 12.2. The van der Waals surface area contributed by atoms with Crippen molar-refractivity contribution in [3.63, 3.8) is 0 Å². The number of carbonyl (C=O) groups is 2. The fourth-order valence-corrected chi connectivity index (χ4v) is 2.69. The Morgan fingerprint density at radius 1 is 1.12 bits per heavy atom. The normalized spacial score (nSPS) is 13.5. The lowest BCUT2D eigenvalue weighted by Gasteiger charge is -2.16. The van der Waals surface area contributed by atoms with E-state index in [1.807, 2.05) is 6.07 Å². The summed E-state index contributed by atoms with van der Waals surface area (Å²) in [5, 5.41) is 13.5. The van der Waals surface area contributed by atoms with Crippen LogP contribution >= 0.6 is 11.6 Å². The van der Waals surface area contributed by atoms with E-state index < -0.39 is 12.0 Å². The van der Waals surface area contributed by atoms with Crippen molar-refractivity contribution in [3.8, 4) is 11.5 Å². The average Bonchev–Trinajstić information content (AvgIpc) is 3.06. The number of ketones is 1. The molecule has 2 aromatic carbocycles. The largest absolute Gasteiger partial charge is 0.544 e. The van der Waals surface area contributed by atoms with Gasteiger partial charge < -0.3 is 24.7 Å². The summed E-state index contributed by atoms with van der Waals surface area (Å²) in [4.78, 5) is 23.6. The zero-order valence-corrected chi connectivity index (χ0v) is 14.0. The number of hydrogen-bond acceptors (Lipinski definition) is 5. The summed E-state index contributed by atoms with van der Waals surface area (Å²) in [6.45, 7) is 0.558. The number of carboxylic acid groups (broad SMARTS) is 1. The van der Waals surface area contributed by atoms with Gasteiger partial charge in [-0.1, -0.05) is 11.6 Å². The van der Waals surface area contributed by atoms with E-state index in [1.165, 1.54) is 0 Å². The fourth-order valence-electron chi connectivity index (χ4n) is 2.56. The Balaban J connectivity index is 1.62. The van der Waals surface area contributed by atoms with Gasteiger partial charge in [0.05, 0.1) is 12.4 Å². The summed E-state index contributed by atoms with van der Waals surface area (Å²) in [5.74, 6) is -0.248. The molecule has 2 N–H and O–H groups in total. The number of carboxylic acids is 1. The smallest absolute Gasteiger partial charge is 0.231 e. The molecule has 0 fully saturated rings. The number of hydrogen-bond donors (Lipinski definition) is 1. The van der Waals surface area contributed by atoms with E-state index in [2.05, 4.69) is 0 Å². The highest BCUT2D eigenvalue weighted by molar-refractivity contribution is 6.30. The van der Waals surface area contributed by atoms with Gasteiger partial charge in [0.2, 0.25) is 6.79 Å². The Morgan fingerprint density at radius 3 is 2.56 bits per heavy atom. The molecule has 0 bridgehead atoms. The van der Waals surface area contributed by atoms with Crippen molar-refractivity contribution in [2.75, 3.05) is 6.79 Å². The molecule has 1 aliphatic heterocycles. The van der Waals surface area contributed by atoms with Gasteiger partial charge in [0, 0.05) is 16.1 Å². The van der Waals surface area contributed by atoms with Crippen LogP contribution in [0.25, 0.3) is 0 Å². The zero-order valence-electron chi connectivity index (χ0n) is 13.2. The Kier molecular flexibility index (Phi) is 5.21. The molecular weight excluding hydrogens is 346 g/mol. The van der Waals surface area contributed by atoms with Gasteiger partial charge in [-0.25, -0.2) is 0 Å². The van der Waals surface area contributed by atoms with Gasteiger partial charge in [-0.3, -0.25) is 4.79 Å². The first-order valence-corrected chi connectivity index (χ1v) is 8.12. The fraction of sp³-hybridized carbons (Fsp3) is 0.222. The van der Waals surface area contributed by atoms with Crippen molar-refractivity contribution < 1.29 is 29.5 Å². The zero-order chi connectivity index (χ0) is 17.8. The number of aliphatic carboxylic acids is 1. The Bertz CT molecular complexity index is 791. The molecule has 0 saturated heterocycles. The van der Waals surface area contributed by atoms with Gasteiger partial charge in [-0.2, -0.15) is 0 Å². The topological polar surface area (TPSA) is 92.3 Å². The van der Waals surface area contributed by atoms with Gasteiger partial charge in [-0.05, 0) is 42.5 Å². The number of halogens is 1. The molecule has 130 valence electrons. The van der Waals surface area contributed by atoms with Gasteiger partial charge in [0.1, 0.15) is 12.6 Å². The number of carbonyl (C=O) groups excluding carboxylic acids is 2. The third-order valence-corrected chi connectivity index (χ3v) is 4.20. The molecular formula is C18H16ClNO5. The van der Waals surface area contributed by atoms with Crippen molar-refractivity contribution in [2.45, 2.75) is 19.0 Å². The minimum Gasteiger partial charge on any atom is -0.544 e. The minimum atomic E-state index is -1.27. The molecule has 0 aromatic heterocycles. The third-order valence-electron chi connectivity index (χ3n) is 3.95. The van der Waals surface area contributed by atoms with Crippen LogP contribution in [0.4, 0.5) is 0 Å². The van der Waals surface area contributed by atoms with Crippen molar-refractivity contribution in [1.82, 2.24) is 0 Å². The molecule has 2 aromatic rings. The van der Waals surface area contributed by atoms with Crippen LogP contribution in [0, 0.1) is 0 Å². The summed E-state index contributed by atoms with van der Waals surface area (Å²) in [6.07, 6.45) is -0.158. The predicted molar refractivity (Wildman–Crippen MR) is 87.4 cm³/mol. The Hall–Kier alpha value is -2.57. The monoisotopic (exact) mass is 361 g/mol. The van der Waals surface area contributed by atoms with Crippen LogP contribution in [0.2, 0.25) is 5.02 Å². The van der Waals surface area contributed by atoms with E-state index in [9.17, 15) is 14.7 Å². The van der Waals surface area contributed by atoms with Crippen LogP contribution < -0.4 is 19.9 Å². The molecule has 0 saturated carbocycles.